The average Bonchev–Trinajstić information content (AvgIpc) is 2.94. The van der Waals surface area contributed by atoms with Crippen LogP contribution in [0.4, 0.5) is 0 Å². The van der Waals surface area contributed by atoms with E-state index in [4.69, 9.17) is 0 Å². The van der Waals surface area contributed by atoms with Gasteiger partial charge in [0.1, 0.15) is 0 Å². The number of hydrogen-bond donors (Lipinski definition) is 3. The van der Waals surface area contributed by atoms with Gasteiger partial charge in [0, 0.05) is 53.5 Å². The highest BCUT2D eigenvalue weighted by Gasteiger charge is 2.20. The fraction of sp³-hybridized carbons (Fsp3) is 0.692. The summed E-state index contributed by atoms with van der Waals surface area (Å²) in [6.45, 7) is 5.26. The van der Waals surface area contributed by atoms with Crippen molar-refractivity contribution in [1.82, 2.24) is 15.0 Å². The molecule has 0 saturated carbocycles. The maximum absolute atomic E-state index is 12.3. The third kappa shape index (κ3) is 5.52. The molecule has 0 spiro atoms. The normalized spacial score (nSPS) is 20.0. The zero-order valence-corrected chi connectivity index (χ0v) is 14.8. The third-order valence-electron chi connectivity index (χ3n) is 3.11. The summed E-state index contributed by atoms with van der Waals surface area (Å²) in [5.74, 6) is 3.29. The summed E-state index contributed by atoms with van der Waals surface area (Å²) in [7, 11) is -3.41. The molecule has 2 rings (SSSR count). The number of sulfonamides is 1. The Morgan fingerprint density at radius 2 is 2.24 bits per heavy atom. The van der Waals surface area contributed by atoms with Crippen LogP contribution in [0.5, 0.6) is 0 Å². The van der Waals surface area contributed by atoms with Crippen molar-refractivity contribution in [2.75, 3.05) is 23.8 Å². The first-order valence-corrected chi connectivity index (χ1v) is 10.8. The molecule has 2 heterocycles. The first kappa shape index (κ1) is 17.2. The predicted molar refractivity (Wildman–Crippen MR) is 91.5 cm³/mol. The zero-order valence-electron chi connectivity index (χ0n) is 12.4. The quantitative estimate of drug-likeness (QED) is 0.698. The van der Waals surface area contributed by atoms with Crippen molar-refractivity contribution < 1.29 is 8.42 Å². The fourth-order valence-corrected chi connectivity index (χ4v) is 5.75. The van der Waals surface area contributed by atoms with Crippen molar-refractivity contribution >= 4 is 33.5 Å². The van der Waals surface area contributed by atoms with Gasteiger partial charge in [-0.05, 0) is 6.07 Å². The molecule has 0 amide bonds. The molecule has 1 fully saturated rings. The molecule has 1 aliphatic heterocycles. The van der Waals surface area contributed by atoms with Crippen LogP contribution in [0, 0.1) is 0 Å². The first-order chi connectivity index (χ1) is 9.97. The standard InChI is InChI=1S/C13H23N3O2S3/c1-10(2)14-6-11-5-13(8-15-11)21(17,18)16-7-12-9-19-3-4-20-12/h5,8,10,12,14-16H,3-4,6-7,9H2,1-2H3. The molecule has 3 N–H and O–H groups in total. The molecule has 1 aliphatic rings. The molecule has 8 heteroatoms. The number of rotatable bonds is 7. The molecule has 1 atom stereocenters. The topological polar surface area (TPSA) is 74.0 Å². The Morgan fingerprint density at radius 3 is 2.90 bits per heavy atom. The van der Waals surface area contributed by atoms with Gasteiger partial charge in [-0.15, -0.1) is 0 Å². The maximum atomic E-state index is 12.3. The van der Waals surface area contributed by atoms with Gasteiger partial charge in [-0.2, -0.15) is 23.5 Å². The monoisotopic (exact) mass is 349 g/mol. The average molecular weight is 350 g/mol. The summed E-state index contributed by atoms with van der Waals surface area (Å²) < 4.78 is 27.2. The smallest absolute Gasteiger partial charge is 0.242 e. The van der Waals surface area contributed by atoms with Gasteiger partial charge in [0.25, 0.3) is 0 Å². The molecule has 1 aromatic heterocycles. The van der Waals surface area contributed by atoms with Crippen molar-refractivity contribution in [2.24, 2.45) is 0 Å². The Balaban J connectivity index is 1.89. The van der Waals surface area contributed by atoms with Crippen LogP contribution in [0.25, 0.3) is 0 Å². The molecule has 0 aromatic carbocycles. The fourth-order valence-electron chi connectivity index (χ4n) is 1.93. The van der Waals surface area contributed by atoms with Gasteiger partial charge in [-0.1, -0.05) is 13.8 Å². The van der Waals surface area contributed by atoms with E-state index in [0.29, 0.717) is 29.3 Å². The lowest BCUT2D eigenvalue weighted by atomic mass is 10.3. The molecule has 21 heavy (non-hydrogen) atoms. The highest BCUT2D eigenvalue weighted by Crippen LogP contribution is 2.23. The van der Waals surface area contributed by atoms with Crippen molar-refractivity contribution in [3.8, 4) is 0 Å². The van der Waals surface area contributed by atoms with Crippen LogP contribution in [0.2, 0.25) is 0 Å². The Morgan fingerprint density at radius 1 is 1.43 bits per heavy atom. The highest BCUT2D eigenvalue weighted by molar-refractivity contribution is 8.06. The van der Waals surface area contributed by atoms with E-state index < -0.39 is 10.0 Å². The second-order valence-electron chi connectivity index (χ2n) is 5.32. The van der Waals surface area contributed by atoms with Gasteiger partial charge < -0.3 is 10.3 Å². The van der Waals surface area contributed by atoms with Crippen LogP contribution in [0.3, 0.4) is 0 Å². The van der Waals surface area contributed by atoms with E-state index in [2.05, 4.69) is 28.9 Å². The predicted octanol–water partition coefficient (Wildman–Crippen LogP) is 1.64. The van der Waals surface area contributed by atoms with Gasteiger partial charge in [0.2, 0.25) is 10.0 Å². The van der Waals surface area contributed by atoms with Crippen LogP contribution < -0.4 is 10.0 Å². The molecule has 0 bridgehead atoms. The first-order valence-electron chi connectivity index (χ1n) is 7.07. The van der Waals surface area contributed by atoms with Crippen LogP contribution in [-0.2, 0) is 16.6 Å². The van der Waals surface area contributed by atoms with E-state index >= 15 is 0 Å². The molecule has 1 saturated heterocycles. The Bertz CT molecular complexity index is 537. The molecule has 1 unspecified atom stereocenters. The minimum absolute atomic E-state index is 0.316. The number of hydrogen-bond acceptors (Lipinski definition) is 5. The van der Waals surface area contributed by atoms with Crippen LogP contribution >= 0.6 is 23.5 Å². The van der Waals surface area contributed by atoms with Crippen molar-refractivity contribution in [2.45, 2.75) is 36.6 Å². The minimum atomic E-state index is -3.41. The lowest BCUT2D eigenvalue weighted by molar-refractivity contribution is 0.580. The lowest BCUT2D eigenvalue weighted by Crippen LogP contribution is -2.33. The molecule has 1 aromatic rings. The van der Waals surface area contributed by atoms with Gasteiger partial charge in [-0.25, -0.2) is 13.1 Å². The molecular weight excluding hydrogens is 326 g/mol. The number of thioether (sulfide) groups is 2. The lowest BCUT2D eigenvalue weighted by Gasteiger charge is -2.20. The van der Waals surface area contributed by atoms with E-state index in [9.17, 15) is 8.42 Å². The summed E-state index contributed by atoms with van der Waals surface area (Å²) in [5, 5.41) is 3.63. The van der Waals surface area contributed by atoms with Gasteiger partial charge in [0.05, 0.1) is 4.90 Å². The van der Waals surface area contributed by atoms with E-state index in [1.165, 1.54) is 0 Å². The second kappa shape index (κ2) is 7.92. The van der Waals surface area contributed by atoms with Crippen LogP contribution in [0.1, 0.15) is 19.5 Å². The Kier molecular flexibility index (Phi) is 6.49. The summed E-state index contributed by atoms with van der Waals surface area (Å²) in [4.78, 5) is 3.33. The van der Waals surface area contributed by atoms with Crippen LogP contribution in [0.15, 0.2) is 17.2 Å². The van der Waals surface area contributed by atoms with Gasteiger partial charge >= 0.3 is 0 Å². The van der Waals surface area contributed by atoms with Crippen molar-refractivity contribution in [1.29, 1.82) is 0 Å². The van der Waals surface area contributed by atoms with Crippen molar-refractivity contribution in [3.05, 3.63) is 18.0 Å². The van der Waals surface area contributed by atoms with Crippen LogP contribution in [-0.4, -0.2) is 48.5 Å². The minimum Gasteiger partial charge on any atom is -0.363 e. The largest absolute Gasteiger partial charge is 0.363 e. The molecular formula is C13H23N3O2S3. The van der Waals surface area contributed by atoms with E-state index in [0.717, 1.165) is 23.0 Å². The van der Waals surface area contributed by atoms with E-state index in [-0.39, 0.29) is 0 Å². The van der Waals surface area contributed by atoms with Gasteiger partial charge in [-0.3, -0.25) is 0 Å². The van der Waals surface area contributed by atoms with E-state index in [1.54, 1.807) is 12.3 Å². The second-order valence-corrected chi connectivity index (χ2v) is 9.64. The number of aromatic amines is 1. The Labute approximate surface area is 135 Å². The zero-order chi connectivity index (χ0) is 15.3. The van der Waals surface area contributed by atoms with Crippen molar-refractivity contribution in [3.63, 3.8) is 0 Å². The highest BCUT2D eigenvalue weighted by atomic mass is 32.2. The van der Waals surface area contributed by atoms with Gasteiger partial charge in [0.15, 0.2) is 0 Å². The number of H-pyrrole nitrogens is 1. The molecule has 5 nitrogen and oxygen atoms in total. The summed E-state index contributed by atoms with van der Waals surface area (Å²) in [6, 6.07) is 2.06. The summed E-state index contributed by atoms with van der Waals surface area (Å²) >= 11 is 3.74. The number of aromatic nitrogens is 1. The molecule has 0 aliphatic carbocycles. The molecule has 120 valence electrons. The number of nitrogens with one attached hydrogen (secondary N) is 3. The van der Waals surface area contributed by atoms with E-state index in [1.807, 2.05) is 23.5 Å². The molecule has 0 radical (unpaired) electrons. The SMILES string of the molecule is CC(C)NCc1cc(S(=O)(=O)NCC2CSCCS2)c[nH]1. The summed E-state index contributed by atoms with van der Waals surface area (Å²) in [5.41, 5.74) is 0.881. The maximum Gasteiger partial charge on any atom is 0.242 e. The summed E-state index contributed by atoms with van der Waals surface area (Å²) in [6.07, 6.45) is 1.56. The third-order valence-corrected chi connectivity index (χ3v) is 7.36. The Hall–Kier alpha value is -0.150.